The third-order valence-corrected chi connectivity index (χ3v) is 3.61. The SMILES string of the molecule is CCc1cccc(NC(=O)c2csc(C#CCN)c2)c1. The second kappa shape index (κ2) is 6.90. The number of rotatable bonds is 3. The van der Waals surface area contributed by atoms with Crippen LogP contribution in [0.4, 0.5) is 5.69 Å². The van der Waals surface area contributed by atoms with Gasteiger partial charge in [-0.1, -0.05) is 30.9 Å². The van der Waals surface area contributed by atoms with Crippen molar-refractivity contribution >= 4 is 22.9 Å². The zero-order valence-corrected chi connectivity index (χ0v) is 12.1. The first-order chi connectivity index (χ1) is 9.72. The first kappa shape index (κ1) is 14.3. The van der Waals surface area contributed by atoms with Crippen LogP contribution in [-0.4, -0.2) is 12.5 Å². The molecule has 3 nitrogen and oxygen atoms in total. The van der Waals surface area contributed by atoms with Crippen LogP contribution in [0.5, 0.6) is 0 Å². The lowest BCUT2D eigenvalue weighted by Gasteiger charge is -2.05. The molecule has 0 atom stereocenters. The second-order valence-corrected chi connectivity index (χ2v) is 5.12. The van der Waals surface area contributed by atoms with Gasteiger partial charge in [-0.2, -0.15) is 0 Å². The van der Waals surface area contributed by atoms with Crippen LogP contribution in [0.15, 0.2) is 35.7 Å². The molecule has 0 saturated heterocycles. The van der Waals surface area contributed by atoms with E-state index in [2.05, 4.69) is 24.1 Å². The van der Waals surface area contributed by atoms with Crippen LogP contribution < -0.4 is 11.1 Å². The van der Waals surface area contributed by atoms with Crippen molar-refractivity contribution in [3.8, 4) is 11.8 Å². The van der Waals surface area contributed by atoms with Gasteiger partial charge in [0.2, 0.25) is 0 Å². The zero-order chi connectivity index (χ0) is 14.4. The molecule has 4 heteroatoms. The van der Waals surface area contributed by atoms with Gasteiger partial charge in [0.15, 0.2) is 0 Å². The fourth-order valence-electron chi connectivity index (χ4n) is 1.73. The Morgan fingerprint density at radius 2 is 2.25 bits per heavy atom. The van der Waals surface area contributed by atoms with Crippen LogP contribution in [-0.2, 0) is 6.42 Å². The minimum Gasteiger partial charge on any atom is -0.322 e. The molecule has 0 aliphatic heterocycles. The van der Waals surface area contributed by atoms with Crippen LogP contribution >= 0.6 is 11.3 Å². The minimum absolute atomic E-state index is 0.115. The van der Waals surface area contributed by atoms with Gasteiger partial charge in [0, 0.05) is 11.1 Å². The summed E-state index contributed by atoms with van der Waals surface area (Å²) in [6, 6.07) is 9.64. The number of nitrogens with two attached hydrogens (primary N) is 1. The van der Waals surface area contributed by atoms with Crippen molar-refractivity contribution < 1.29 is 4.79 Å². The van der Waals surface area contributed by atoms with E-state index in [-0.39, 0.29) is 5.91 Å². The number of benzene rings is 1. The molecular formula is C16H16N2OS. The number of hydrogen-bond donors (Lipinski definition) is 2. The molecule has 0 unspecified atom stereocenters. The highest BCUT2D eigenvalue weighted by molar-refractivity contribution is 7.10. The molecule has 2 rings (SSSR count). The van der Waals surface area contributed by atoms with Gasteiger partial charge in [0.05, 0.1) is 17.0 Å². The van der Waals surface area contributed by atoms with E-state index in [0.29, 0.717) is 12.1 Å². The molecule has 1 aromatic heterocycles. The maximum absolute atomic E-state index is 12.1. The summed E-state index contributed by atoms with van der Waals surface area (Å²) >= 11 is 1.45. The topological polar surface area (TPSA) is 55.1 Å². The molecule has 0 bridgehead atoms. The van der Waals surface area contributed by atoms with E-state index in [4.69, 9.17) is 5.73 Å². The molecule has 0 fully saturated rings. The highest BCUT2D eigenvalue weighted by Gasteiger charge is 2.08. The lowest BCUT2D eigenvalue weighted by molar-refractivity contribution is 0.102. The van der Waals surface area contributed by atoms with Gasteiger partial charge in [0.25, 0.3) is 5.91 Å². The summed E-state index contributed by atoms with van der Waals surface area (Å²) in [6.45, 7) is 2.41. The van der Waals surface area contributed by atoms with Gasteiger partial charge in [-0.25, -0.2) is 0 Å². The quantitative estimate of drug-likeness (QED) is 0.852. The molecule has 20 heavy (non-hydrogen) atoms. The maximum atomic E-state index is 12.1. The third-order valence-electron chi connectivity index (χ3n) is 2.77. The molecule has 0 aliphatic rings. The number of carbonyl (C=O) groups excluding carboxylic acids is 1. The van der Waals surface area contributed by atoms with Crippen molar-refractivity contribution in [3.63, 3.8) is 0 Å². The van der Waals surface area contributed by atoms with Crippen LogP contribution in [0.2, 0.25) is 0 Å². The number of carbonyl (C=O) groups is 1. The Morgan fingerprint density at radius 1 is 1.40 bits per heavy atom. The molecule has 3 N–H and O–H groups in total. The molecule has 102 valence electrons. The van der Waals surface area contributed by atoms with Crippen molar-refractivity contribution in [2.24, 2.45) is 5.73 Å². The van der Waals surface area contributed by atoms with Crippen LogP contribution in [0.3, 0.4) is 0 Å². The summed E-state index contributed by atoms with van der Waals surface area (Å²) in [5, 5.41) is 4.70. The Labute approximate surface area is 122 Å². The Kier molecular flexibility index (Phi) is 4.94. The number of aryl methyl sites for hydroxylation is 1. The largest absolute Gasteiger partial charge is 0.322 e. The van der Waals surface area contributed by atoms with Crippen LogP contribution in [0, 0.1) is 11.8 Å². The summed E-state index contributed by atoms with van der Waals surface area (Å²) < 4.78 is 0. The Balaban J connectivity index is 2.09. The lowest BCUT2D eigenvalue weighted by Crippen LogP contribution is -2.10. The van der Waals surface area contributed by atoms with Gasteiger partial charge in [-0.3, -0.25) is 4.79 Å². The Bertz CT molecular complexity index is 664. The summed E-state index contributed by atoms with van der Waals surface area (Å²) in [5.74, 6) is 5.59. The number of amides is 1. The van der Waals surface area contributed by atoms with Gasteiger partial charge in [-0.05, 0) is 30.2 Å². The average molecular weight is 284 g/mol. The van der Waals surface area contributed by atoms with E-state index >= 15 is 0 Å². The average Bonchev–Trinajstić information content (AvgIpc) is 2.94. The zero-order valence-electron chi connectivity index (χ0n) is 11.3. The third kappa shape index (κ3) is 3.70. The fourth-order valence-corrected chi connectivity index (χ4v) is 2.49. The van der Waals surface area contributed by atoms with E-state index < -0.39 is 0 Å². The molecule has 0 radical (unpaired) electrons. The van der Waals surface area contributed by atoms with Gasteiger partial charge in [-0.15, -0.1) is 11.3 Å². The monoisotopic (exact) mass is 284 g/mol. The summed E-state index contributed by atoms with van der Waals surface area (Å²) in [6.07, 6.45) is 0.945. The van der Waals surface area contributed by atoms with Gasteiger partial charge in [0.1, 0.15) is 0 Å². The smallest absolute Gasteiger partial charge is 0.256 e. The van der Waals surface area contributed by atoms with E-state index in [9.17, 15) is 4.79 Å². The van der Waals surface area contributed by atoms with Crippen molar-refractivity contribution in [1.82, 2.24) is 0 Å². The fraction of sp³-hybridized carbons (Fsp3) is 0.188. The molecule has 1 aromatic carbocycles. The molecule has 1 heterocycles. The van der Waals surface area contributed by atoms with E-state index in [1.807, 2.05) is 24.3 Å². The molecule has 2 aromatic rings. The van der Waals surface area contributed by atoms with Crippen molar-refractivity contribution in [3.05, 3.63) is 51.7 Å². The number of nitrogens with one attached hydrogen (secondary N) is 1. The second-order valence-electron chi connectivity index (χ2n) is 4.21. The van der Waals surface area contributed by atoms with Crippen LogP contribution in [0.1, 0.15) is 27.7 Å². The molecule has 0 saturated carbocycles. The first-order valence-corrected chi connectivity index (χ1v) is 7.28. The minimum atomic E-state index is -0.115. The predicted molar refractivity (Wildman–Crippen MR) is 84.0 cm³/mol. The van der Waals surface area contributed by atoms with E-state index in [0.717, 1.165) is 17.0 Å². The maximum Gasteiger partial charge on any atom is 0.256 e. The summed E-state index contributed by atoms with van der Waals surface area (Å²) in [5.41, 5.74) is 7.96. The van der Waals surface area contributed by atoms with E-state index in [1.165, 1.54) is 16.9 Å². The normalized spacial score (nSPS) is 9.70. The lowest BCUT2D eigenvalue weighted by atomic mass is 10.1. The van der Waals surface area contributed by atoms with Crippen molar-refractivity contribution in [2.75, 3.05) is 11.9 Å². The standard InChI is InChI=1S/C16H16N2OS/c1-2-12-5-3-6-14(9-12)18-16(19)13-10-15(20-11-13)7-4-8-17/h3,5-6,9-11H,2,8,17H2,1H3,(H,18,19). The molecule has 0 aliphatic carbocycles. The molecule has 0 spiro atoms. The van der Waals surface area contributed by atoms with Crippen LogP contribution in [0.25, 0.3) is 0 Å². The summed E-state index contributed by atoms with van der Waals surface area (Å²) in [4.78, 5) is 13.0. The van der Waals surface area contributed by atoms with E-state index in [1.54, 1.807) is 11.4 Å². The first-order valence-electron chi connectivity index (χ1n) is 6.40. The Morgan fingerprint density at radius 3 is 3.00 bits per heavy atom. The van der Waals surface area contributed by atoms with Crippen molar-refractivity contribution in [1.29, 1.82) is 0 Å². The Hall–Kier alpha value is -2.09. The van der Waals surface area contributed by atoms with Crippen molar-refractivity contribution in [2.45, 2.75) is 13.3 Å². The molecular weight excluding hydrogens is 268 g/mol. The molecule has 1 amide bonds. The van der Waals surface area contributed by atoms with Gasteiger partial charge < -0.3 is 11.1 Å². The number of hydrogen-bond acceptors (Lipinski definition) is 3. The number of anilines is 1. The van der Waals surface area contributed by atoms with Gasteiger partial charge >= 0.3 is 0 Å². The highest BCUT2D eigenvalue weighted by atomic mass is 32.1. The highest BCUT2D eigenvalue weighted by Crippen LogP contribution is 2.17. The predicted octanol–water partition coefficient (Wildman–Crippen LogP) is 2.87. The summed E-state index contributed by atoms with van der Waals surface area (Å²) in [7, 11) is 0. The number of thiophene rings is 1.